The van der Waals surface area contributed by atoms with Crippen molar-refractivity contribution in [3.8, 4) is 11.4 Å². The largest absolute Gasteiger partial charge is 0.302 e. The molecule has 0 aliphatic carbocycles. The van der Waals surface area contributed by atoms with Gasteiger partial charge in [0.15, 0.2) is 15.9 Å². The van der Waals surface area contributed by atoms with Crippen molar-refractivity contribution in [3.63, 3.8) is 0 Å². The van der Waals surface area contributed by atoms with Gasteiger partial charge in [-0.3, -0.25) is 9.20 Å². The van der Waals surface area contributed by atoms with Crippen LogP contribution in [0.2, 0.25) is 5.02 Å². The fourth-order valence-electron chi connectivity index (χ4n) is 3.42. The van der Waals surface area contributed by atoms with Gasteiger partial charge in [0.05, 0.1) is 5.69 Å². The van der Waals surface area contributed by atoms with Crippen LogP contribution in [0.3, 0.4) is 0 Å². The lowest BCUT2D eigenvalue weighted by Gasteiger charge is -2.10. The Morgan fingerprint density at radius 3 is 2.71 bits per heavy atom. The Morgan fingerprint density at radius 1 is 1.13 bits per heavy atom. The highest BCUT2D eigenvalue weighted by atomic mass is 35.5. The van der Waals surface area contributed by atoms with Gasteiger partial charge in [0.1, 0.15) is 0 Å². The van der Waals surface area contributed by atoms with Crippen LogP contribution in [0.1, 0.15) is 44.0 Å². The van der Waals surface area contributed by atoms with Gasteiger partial charge in [-0.1, -0.05) is 49.5 Å². The van der Waals surface area contributed by atoms with Gasteiger partial charge < -0.3 is 4.57 Å². The zero-order valence-corrected chi connectivity index (χ0v) is 19.9. The molecule has 0 spiro atoms. The number of halogens is 1. The highest BCUT2D eigenvalue weighted by Crippen LogP contribution is 2.27. The van der Waals surface area contributed by atoms with Crippen LogP contribution in [0.25, 0.3) is 16.3 Å². The van der Waals surface area contributed by atoms with E-state index in [9.17, 15) is 4.79 Å². The summed E-state index contributed by atoms with van der Waals surface area (Å²) in [4.78, 5) is 17.8. The van der Waals surface area contributed by atoms with Crippen LogP contribution in [0.5, 0.6) is 0 Å². The third-order valence-electron chi connectivity index (χ3n) is 5.03. The summed E-state index contributed by atoms with van der Waals surface area (Å²) in [5.74, 6) is 1.41. The van der Waals surface area contributed by atoms with E-state index in [4.69, 9.17) is 11.6 Å². The van der Waals surface area contributed by atoms with E-state index < -0.39 is 0 Å². The molecule has 3 aromatic heterocycles. The molecule has 1 aromatic carbocycles. The molecule has 0 aliphatic rings. The average molecular weight is 474 g/mol. The first-order valence-corrected chi connectivity index (χ1v) is 12.6. The second-order valence-corrected chi connectivity index (χ2v) is 9.61. The summed E-state index contributed by atoms with van der Waals surface area (Å²) in [6, 6.07) is 9.30. The molecule has 6 nitrogen and oxygen atoms in total. The molecule has 0 saturated carbocycles. The fraction of sp³-hybridized carbons (Fsp3) is 0.364. The Hall–Kier alpha value is -2.16. The Kier molecular flexibility index (Phi) is 7.09. The zero-order chi connectivity index (χ0) is 21.8. The van der Waals surface area contributed by atoms with Crippen LogP contribution in [0.15, 0.2) is 45.7 Å². The summed E-state index contributed by atoms with van der Waals surface area (Å²) >= 11 is 9.10. The van der Waals surface area contributed by atoms with E-state index in [1.165, 1.54) is 30.6 Å². The molecular weight excluding hydrogens is 450 g/mol. The standard InChI is InChI=1S/C22H24ClN5OS2/c1-3-4-5-6-11-27-20(16-7-9-17(23)10-8-16)25-26-22(27)31-14-18-12-19(29)28-15(2)13-30-21(28)24-18/h7-10,12-13H,3-6,11,14H2,1-2H3. The molecule has 4 aromatic rings. The summed E-state index contributed by atoms with van der Waals surface area (Å²) in [7, 11) is 0. The zero-order valence-electron chi connectivity index (χ0n) is 17.5. The number of aryl methyl sites for hydroxylation is 1. The highest BCUT2D eigenvalue weighted by molar-refractivity contribution is 7.98. The molecular formula is C22H24ClN5OS2. The summed E-state index contributed by atoms with van der Waals surface area (Å²) in [6.07, 6.45) is 4.65. The van der Waals surface area contributed by atoms with Crippen LogP contribution in [-0.2, 0) is 12.3 Å². The van der Waals surface area contributed by atoms with Gasteiger partial charge in [-0.15, -0.1) is 21.5 Å². The van der Waals surface area contributed by atoms with Gasteiger partial charge in [0, 0.05) is 40.0 Å². The first-order chi connectivity index (χ1) is 15.1. The summed E-state index contributed by atoms with van der Waals surface area (Å²) in [6.45, 7) is 4.98. The summed E-state index contributed by atoms with van der Waals surface area (Å²) in [5, 5.41) is 12.4. The number of rotatable bonds is 9. The number of fused-ring (bicyclic) bond motifs is 1. The number of nitrogens with zero attached hydrogens (tertiary/aromatic N) is 5. The monoisotopic (exact) mass is 473 g/mol. The van der Waals surface area contributed by atoms with Gasteiger partial charge in [0.2, 0.25) is 0 Å². The molecule has 0 aliphatic heterocycles. The topological polar surface area (TPSA) is 65.1 Å². The first kappa shape index (κ1) is 22.0. The molecule has 31 heavy (non-hydrogen) atoms. The van der Waals surface area contributed by atoms with E-state index in [2.05, 4.69) is 26.7 Å². The molecule has 0 bridgehead atoms. The lowest BCUT2D eigenvalue weighted by molar-refractivity contribution is 0.556. The second-order valence-electron chi connectivity index (χ2n) is 7.39. The minimum atomic E-state index is -0.0396. The molecule has 0 fully saturated rings. The third kappa shape index (κ3) is 5.02. The minimum absolute atomic E-state index is 0.0396. The van der Waals surface area contributed by atoms with E-state index in [1.54, 1.807) is 22.2 Å². The van der Waals surface area contributed by atoms with Crippen LogP contribution < -0.4 is 5.56 Å². The number of hydrogen-bond donors (Lipinski definition) is 0. The van der Waals surface area contributed by atoms with Gasteiger partial charge in [-0.05, 0) is 37.6 Å². The Bertz CT molecular complexity index is 1230. The fourth-order valence-corrected chi connectivity index (χ4v) is 5.29. The maximum atomic E-state index is 12.5. The number of thioether (sulfide) groups is 1. The molecule has 0 unspecified atom stereocenters. The number of aromatic nitrogens is 5. The number of thiazole rings is 1. The molecule has 4 rings (SSSR count). The van der Waals surface area contributed by atoms with Crippen LogP contribution >= 0.6 is 34.7 Å². The van der Waals surface area contributed by atoms with Crippen molar-refractivity contribution in [1.29, 1.82) is 0 Å². The Balaban J connectivity index is 1.58. The molecule has 0 N–H and O–H groups in total. The Labute approximate surface area is 194 Å². The maximum Gasteiger partial charge on any atom is 0.258 e. The quantitative estimate of drug-likeness (QED) is 0.225. The van der Waals surface area contributed by atoms with Gasteiger partial charge in [-0.2, -0.15) is 0 Å². The molecule has 162 valence electrons. The number of benzene rings is 1. The molecule has 0 amide bonds. The Morgan fingerprint density at radius 2 is 1.94 bits per heavy atom. The smallest absolute Gasteiger partial charge is 0.258 e. The normalized spacial score (nSPS) is 11.5. The van der Waals surface area contributed by atoms with Crippen molar-refractivity contribution in [1.82, 2.24) is 24.1 Å². The van der Waals surface area contributed by atoms with E-state index >= 15 is 0 Å². The van der Waals surface area contributed by atoms with E-state index in [1.807, 2.05) is 36.6 Å². The predicted molar refractivity (Wildman–Crippen MR) is 128 cm³/mol. The number of unbranched alkanes of at least 4 members (excludes halogenated alkanes) is 3. The molecule has 0 radical (unpaired) electrons. The molecule has 9 heteroatoms. The molecule has 0 saturated heterocycles. The van der Waals surface area contributed by atoms with Crippen molar-refractivity contribution in [2.75, 3.05) is 0 Å². The molecule has 0 atom stereocenters. The first-order valence-electron chi connectivity index (χ1n) is 10.4. The minimum Gasteiger partial charge on any atom is -0.302 e. The summed E-state index contributed by atoms with van der Waals surface area (Å²) in [5.41, 5.74) is 2.62. The van der Waals surface area contributed by atoms with Crippen molar-refractivity contribution in [2.24, 2.45) is 0 Å². The SMILES string of the molecule is CCCCCCn1c(SCc2cc(=O)n3c(C)csc3n2)nnc1-c1ccc(Cl)cc1. The maximum absolute atomic E-state index is 12.5. The van der Waals surface area contributed by atoms with E-state index in [0.717, 1.165) is 45.9 Å². The van der Waals surface area contributed by atoms with Crippen molar-refractivity contribution in [2.45, 2.75) is 57.0 Å². The van der Waals surface area contributed by atoms with E-state index in [0.29, 0.717) is 10.8 Å². The summed E-state index contributed by atoms with van der Waals surface area (Å²) < 4.78 is 3.82. The predicted octanol–water partition coefficient (Wildman–Crippen LogP) is 5.85. The van der Waals surface area contributed by atoms with Crippen molar-refractivity contribution in [3.05, 3.63) is 62.5 Å². The van der Waals surface area contributed by atoms with Crippen molar-refractivity contribution < 1.29 is 0 Å². The second kappa shape index (κ2) is 9.97. The van der Waals surface area contributed by atoms with Crippen LogP contribution in [0.4, 0.5) is 0 Å². The average Bonchev–Trinajstić information content (AvgIpc) is 3.34. The van der Waals surface area contributed by atoms with Crippen LogP contribution in [-0.4, -0.2) is 24.1 Å². The van der Waals surface area contributed by atoms with Gasteiger partial charge in [-0.25, -0.2) is 4.98 Å². The van der Waals surface area contributed by atoms with E-state index in [-0.39, 0.29) is 5.56 Å². The third-order valence-corrected chi connectivity index (χ3v) is 7.23. The van der Waals surface area contributed by atoms with Gasteiger partial charge in [0.25, 0.3) is 5.56 Å². The lowest BCUT2D eigenvalue weighted by Crippen LogP contribution is -2.14. The molecule has 3 heterocycles. The van der Waals surface area contributed by atoms with Crippen LogP contribution in [0, 0.1) is 6.92 Å². The number of hydrogen-bond acceptors (Lipinski definition) is 6. The van der Waals surface area contributed by atoms with Crippen molar-refractivity contribution >= 4 is 39.7 Å². The lowest BCUT2D eigenvalue weighted by atomic mass is 10.2. The highest BCUT2D eigenvalue weighted by Gasteiger charge is 2.15. The van der Waals surface area contributed by atoms with Gasteiger partial charge >= 0.3 is 0 Å².